The predicted octanol–water partition coefficient (Wildman–Crippen LogP) is 4.89. The van der Waals surface area contributed by atoms with Crippen molar-refractivity contribution in [3.05, 3.63) is 78.1 Å². The van der Waals surface area contributed by atoms with Crippen LogP contribution in [0.1, 0.15) is 24.4 Å². The summed E-state index contributed by atoms with van der Waals surface area (Å²) in [6.45, 7) is 2.18. The average molecular weight is 662 g/mol. The Morgan fingerprint density at radius 2 is 1.95 bits per heavy atom. The van der Waals surface area contributed by atoms with E-state index in [1.54, 1.807) is 51.4 Å². The number of nitrogens with one attached hydrogen (secondary N) is 2. The number of rotatable bonds is 8. The summed E-state index contributed by atoms with van der Waals surface area (Å²) in [4.78, 5) is 27.3. The molecule has 5 rings (SSSR count). The van der Waals surface area contributed by atoms with Crippen LogP contribution in [-0.2, 0) is 21.9 Å². The molecule has 12 heteroatoms. The number of hydrogen-bond donors (Lipinski definition) is 2. The number of fused-ring (bicyclic) bond motifs is 1. The van der Waals surface area contributed by atoms with Gasteiger partial charge in [0.25, 0.3) is 11.1 Å². The highest BCUT2D eigenvalue weighted by atomic mass is 127. The van der Waals surface area contributed by atoms with E-state index in [0.29, 0.717) is 40.3 Å². The Bertz CT molecular complexity index is 1810. The van der Waals surface area contributed by atoms with Crippen molar-refractivity contribution in [2.24, 2.45) is 11.4 Å². The Hall–Kier alpha value is -3.10. The zero-order valence-corrected chi connectivity index (χ0v) is 24.6. The van der Waals surface area contributed by atoms with Crippen LogP contribution in [0.25, 0.3) is 22.2 Å². The summed E-state index contributed by atoms with van der Waals surface area (Å²) < 4.78 is 35.1. The van der Waals surface area contributed by atoms with Crippen LogP contribution in [-0.4, -0.2) is 33.7 Å². The van der Waals surface area contributed by atoms with Crippen LogP contribution in [0.5, 0.6) is 0 Å². The van der Waals surface area contributed by atoms with Crippen LogP contribution in [0, 0.1) is 16.3 Å². The fraction of sp³-hybridized carbons (Fsp3) is 0.296. The minimum absolute atomic E-state index is 0.0528. The van der Waals surface area contributed by atoms with Gasteiger partial charge in [0.1, 0.15) is 11.5 Å². The lowest BCUT2D eigenvalue weighted by atomic mass is 10.0. The van der Waals surface area contributed by atoms with Crippen molar-refractivity contribution >= 4 is 61.2 Å². The Morgan fingerprint density at radius 1 is 1.18 bits per heavy atom. The molecule has 0 spiro atoms. The highest BCUT2D eigenvalue weighted by molar-refractivity contribution is 14.1. The molecule has 0 unspecified atom stereocenters. The van der Waals surface area contributed by atoms with Gasteiger partial charge in [0.15, 0.2) is 0 Å². The van der Waals surface area contributed by atoms with E-state index in [1.165, 1.54) is 15.3 Å². The molecule has 1 saturated carbocycles. The van der Waals surface area contributed by atoms with Gasteiger partial charge in [-0.1, -0.05) is 17.9 Å². The molecule has 0 saturated heterocycles. The van der Waals surface area contributed by atoms with E-state index >= 15 is 0 Å². The van der Waals surface area contributed by atoms with Gasteiger partial charge < -0.3 is 23.8 Å². The van der Waals surface area contributed by atoms with E-state index in [0.717, 1.165) is 16.4 Å². The van der Waals surface area contributed by atoms with Crippen LogP contribution >= 0.6 is 22.6 Å². The van der Waals surface area contributed by atoms with Crippen molar-refractivity contribution in [2.75, 3.05) is 24.7 Å². The molecular formula is C27H27FIN6O3S-. The van der Waals surface area contributed by atoms with E-state index < -0.39 is 16.4 Å². The molecule has 0 amide bonds. The summed E-state index contributed by atoms with van der Waals surface area (Å²) in [6.07, 6.45) is 1.63. The van der Waals surface area contributed by atoms with Gasteiger partial charge >= 0.3 is 0 Å². The fourth-order valence-corrected chi connectivity index (χ4v) is 5.71. The third-order valence-electron chi connectivity index (χ3n) is 6.61. The number of nitrogens with zero attached hydrogens (tertiary/aromatic N) is 4. The van der Waals surface area contributed by atoms with Gasteiger partial charge in [-0.3, -0.25) is 9.59 Å². The standard InChI is InChI=1S/C27H27FIN6O3S/c1-15-23(31-21-10-7-17(29)14-20(21)28)22-25(34(3)26(15)36)24(32-35(27(22)37)19-8-9-19)16-5-4-6-18(13-16)33-39(38)12-11-30-2/h4-7,10,13-14,19,30-31H,8-9,11-12H2,1-3H3/q-1. The van der Waals surface area contributed by atoms with Crippen molar-refractivity contribution in [1.29, 1.82) is 0 Å². The third-order valence-corrected chi connectivity index (χ3v) is 8.25. The van der Waals surface area contributed by atoms with Crippen molar-refractivity contribution in [3.8, 4) is 11.3 Å². The molecule has 0 bridgehead atoms. The third kappa shape index (κ3) is 5.50. The first kappa shape index (κ1) is 27.5. The van der Waals surface area contributed by atoms with E-state index in [-0.39, 0.29) is 33.9 Å². The van der Waals surface area contributed by atoms with Crippen molar-refractivity contribution in [2.45, 2.75) is 25.8 Å². The molecule has 1 fully saturated rings. The van der Waals surface area contributed by atoms with Crippen LogP contribution < -0.4 is 21.8 Å². The Labute approximate surface area is 239 Å². The lowest BCUT2D eigenvalue weighted by Gasteiger charge is -2.19. The summed E-state index contributed by atoms with van der Waals surface area (Å²) >= 11 is 2.02. The summed E-state index contributed by atoms with van der Waals surface area (Å²) in [6, 6.07) is 11.7. The molecular weight excluding hydrogens is 634 g/mol. The van der Waals surface area contributed by atoms with Crippen molar-refractivity contribution in [3.63, 3.8) is 0 Å². The Morgan fingerprint density at radius 3 is 2.64 bits per heavy atom. The minimum atomic E-state index is -1.42. The number of aryl methyl sites for hydroxylation is 1. The largest absolute Gasteiger partial charge is 0.444 e. The second-order valence-corrected chi connectivity index (χ2v) is 11.9. The number of aromatic nitrogens is 3. The quantitative estimate of drug-likeness (QED) is 0.206. The average Bonchev–Trinajstić information content (AvgIpc) is 3.75. The minimum Gasteiger partial charge on any atom is -0.444 e. The maximum Gasteiger partial charge on any atom is 0.278 e. The summed E-state index contributed by atoms with van der Waals surface area (Å²) in [5, 5.41) is 11.0. The molecule has 204 valence electrons. The van der Waals surface area contributed by atoms with Crippen LogP contribution in [0.3, 0.4) is 0 Å². The topological polar surface area (TPSA) is 110 Å². The number of hydrogen-bond acceptors (Lipinski definition) is 8. The Balaban J connectivity index is 1.79. The highest BCUT2D eigenvalue weighted by Crippen LogP contribution is 2.37. The van der Waals surface area contributed by atoms with Gasteiger partial charge in [-0.05, 0) is 86.3 Å². The smallest absolute Gasteiger partial charge is 0.278 e. The first-order valence-corrected chi connectivity index (χ1v) is 14.8. The number of halogens is 2. The van der Waals surface area contributed by atoms with Gasteiger partial charge in [-0.15, -0.1) is 0 Å². The molecule has 2 aromatic heterocycles. The normalized spacial score (nSPS) is 14.2. The summed E-state index contributed by atoms with van der Waals surface area (Å²) in [5.74, 6) is -0.126. The number of pyridine rings is 1. The number of anilines is 2. The van der Waals surface area contributed by atoms with Crippen molar-refractivity contribution in [1.82, 2.24) is 19.7 Å². The highest BCUT2D eigenvalue weighted by Gasteiger charge is 2.30. The number of benzene rings is 2. The van der Waals surface area contributed by atoms with Gasteiger partial charge in [0.05, 0.1) is 28.3 Å². The van der Waals surface area contributed by atoms with Gasteiger partial charge in [0.2, 0.25) is 0 Å². The molecule has 1 aliphatic rings. The van der Waals surface area contributed by atoms with Crippen molar-refractivity contribution < 1.29 is 8.60 Å². The van der Waals surface area contributed by atoms with E-state index in [2.05, 4.69) is 15.0 Å². The van der Waals surface area contributed by atoms with E-state index in [4.69, 9.17) is 5.10 Å². The molecule has 2 N–H and O–H groups in total. The first-order chi connectivity index (χ1) is 18.7. The molecule has 0 atom stereocenters. The summed E-state index contributed by atoms with van der Waals surface area (Å²) in [5.41, 5.74) is 1.88. The second-order valence-electron chi connectivity index (χ2n) is 9.44. The molecule has 2 heterocycles. The van der Waals surface area contributed by atoms with Gasteiger partial charge in [-0.2, -0.15) is 15.7 Å². The molecule has 9 nitrogen and oxygen atoms in total. The maximum absolute atomic E-state index is 14.9. The monoisotopic (exact) mass is 661 g/mol. The fourth-order valence-electron chi connectivity index (χ4n) is 4.44. The van der Waals surface area contributed by atoms with Crippen LogP contribution in [0.2, 0.25) is 0 Å². The molecule has 4 aromatic rings. The first-order valence-electron chi connectivity index (χ1n) is 12.4. The maximum atomic E-state index is 14.9. The zero-order chi connectivity index (χ0) is 27.8. The predicted molar refractivity (Wildman–Crippen MR) is 161 cm³/mol. The molecule has 1 aliphatic carbocycles. The van der Waals surface area contributed by atoms with Gasteiger partial charge in [0, 0.05) is 27.4 Å². The SMILES string of the molecule is CNCC[S-](=O)=Nc1cccc(-c2nn(C3CC3)c(=O)c3c(Nc4ccc(I)cc4F)c(C)c(=O)n(C)c23)c1. The lowest BCUT2D eigenvalue weighted by Crippen LogP contribution is -2.29. The molecule has 39 heavy (non-hydrogen) atoms. The Kier molecular flexibility index (Phi) is 7.87. The lowest BCUT2D eigenvalue weighted by molar-refractivity contribution is 0.599. The van der Waals surface area contributed by atoms with E-state index in [9.17, 15) is 18.2 Å². The molecule has 0 aliphatic heterocycles. The van der Waals surface area contributed by atoms with Crippen LogP contribution in [0.4, 0.5) is 21.5 Å². The van der Waals surface area contributed by atoms with E-state index in [1.807, 2.05) is 28.7 Å². The van der Waals surface area contributed by atoms with Gasteiger partial charge in [-0.25, -0.2) is 9.07 Å². The second kappa shape index (κ2) is 11.2. The summed E-state index contributed by atoms with van der Waals surface area (Å²) in [7, 11) is 1.96. The zero-order valence-electron chi connectivity index (χ0n) is 21.6. The molecule has 2 aromatic carbocycles. The molecule has 0 radical (unpaired) electrons. The van der Waals surface area contributed by atoms with Crippen LogP contribution in [0.15, 0.2) is 56.4 Å².